The first-order valence-corrected chi connectivity index (χ1v) is 4.95. The minimum Gasteiger partial charge on any atom is -0.504 e. The highest BCUT2D eigenvalue weighted by molar-refractivity contribution is 7.87. The van der Waals surface area contributed by atoms with Crippen LogP contribution in [0.1, 0.15) is 0 Å². The van der Waals surface area contributed by atoms with Crippen LogP contribution in [0.25, 0.3) is 0 Å². The Bertz CT molecular complexity index is 441. The third-order valence-corrected chi connectivity index (χ3v) is 2.57. The molecule has 0 saturated carbocycles. The van der Waals surface area contributed by atoms with Gasteiger partial charge in [0.2, 0.25) is 0 Å². The van der Waals surface area contributed by atoms with Gasteiger partial charge in [-0.1, -0.05) is 0 Å². The van der Waals surface area contributed by atoms with Crippen molar-refractivity contribution in [2.24, 2.45) is 0 Å². The Morgan fingerprint density at radius 2 is 1.79 bits per heavy atom. The van der Waals surface area contributed by atoms with Crippen molar-refractivity contribution in [1.82, 2.24) is 0 Å². The molecule has 0 aromatic heterocycles. The van der Waals surface area contributed by atoms with Crippen molar-refractivity contribution in [3.8, 4) is 11.5 Å². The number of aromatic hydroxyl groups is 2. The van der Waals surface area contributed by atoms with Crippen LogP contribution >= 0.6 is 0 Å². The Morgan fingerprint density at radius 3 is 2.21 bits per heavy atom. The van der Waals surface area contributed by atoms with Gasteiger partial charge in [0.05, 0.1) is 5.69 Å². The van der Waals surface area contributed by atoms with Gasteiger partial charge in [-0.25, -0.2) is 0 Å². The van der Waals surface area contributed by atoms with E-state index in [2.05, 4.69) is 0 Å². The minimum atomic E-state index is -4.34. The fraction of sp³-hybridized carbons (Fsp3) is 0.143. The van der Waals surface area contributed by atoms with Gasteiger partial charge in [-0.15, -0.1) is 0 Å². The van der Waals surface area contributed by atoms with Crippen LogP contribution in [-0.2, 0) is 10.3 Å². The summed E-state index contributed by atoms with van der Waals surface area (Å²) in [5, 5.41) is 18.0. The maximum atomic E-state index is 10.7. The number of hydrogen-bond donors (Lipinski definition) is 3. The lowest BCUT2D eigenvalue weighted by Gasteiger charge is -2.14. The molecule has 0 atom stereocenters. The fourth-order valence-corrected chi connectivity index (χ4v) is 1.22. The topological polar surface area (TPSA) is 98.1 Å². The molecule has 0 aliphatic heterocycles. The van der Waals surface area contributed by atoms with E-state index in [4.69, 9.17) is 14.8 Å². The third-order valence-electron chi connectivity index (χ3n) is 1.67. The van der Waals surface area contributed by atoms with Crippen molar-refractivity contribution in [2.75, 3.05) is 11.4 Å². The number of benzene rings is 1. The number of nitrogens with zero attached hydrogens (tertiary/aromatic N) is 1. The zero-order valence-corrected chi connectivity index (χ0v) is 8.06. The van der Waals surface area contributed by atoms with Crippen LogP contribution in [0.4, 0.5) is 5.69 Å². The molecule has 3 N–H and O–H groups in total. The van der Waals surface area contributed by atoms with Crippen LogP contribution in [0.5, 0.6) is 11.5 Å². The number of hydrogen-bond acceptors (Lipinski definition) is 4. The number of anilines is 1. The molecule has 7 heteroatoms. The Labute approximate surface area is 80.9 Å². The van der Waals surface area contributed by atoms with Crippen LogP contribution in [0.2, 0.25) is 0 Å². The zero-order valence-electron chi connectivity index (χ0n) is 7.25. The molecule has 6 nitrogen and oxygen atoms in total. The van der Waals surface area contributed by atoms with Gasteiger partial charge in [-0.05, 0) is 12.1 Å². The highest BCUT2D eigenvalue weighted by Gasteiger charge is 2.15. The van der Waals surface area contributed by atoms with E-state index < -0.39 is 16.1 Å². The van der Waals surface area contributed by atoms with E-state index in [0.29, 0.717) is 4.31 Å². The SMILES string of the molecule is CN(c1ccc(O)c(O)c1)S(=O)(=O)O. The van der Waals surface area contributed by atoms with Gasteiger partial charge in [-0.2, -0.15) is 8.42 Å². The van der Waals surface area contributed by atoms with Gasteiger partial charge in [0.25, 0.3) is 0 Å². The van der Waals surface area contributed by atoms with Crippen LogP contribution in [-0.4, -0.2) is 30.2 Å². The van der Waals surface area contributed by atoms with Crippen LogP contribution in [0.3, 0.4) is 0 Å². The van der Waals surface area contributed by atoms with Crippen molar-refractivity contribution in [3.05, 3.63) is 18.2 Å². The maximum absolute atomic E-state index is 10.7. The lowest BCUT2D eigenvalue weighted by molar-refractivity contribution is 0.404. The quantitative estimate of drug-likeness (QED) is 0.492. The van der Waals surface area contributed by atoms with Gasteiger partial charge < -0.3 is 10.2 Å². The second-order valence-electron chi connectivity index (χ2n) is 2.62. The Kier molecular flexibility index (Phi) is 2.54. The Morgan fingerprint density at radius 1 is 1.21 bits per heavy atom. The summed E-state index contributed by atoms with van der Waals surface area (Å²) in [7, 11) is -3.23. The second kappa shape index (κ2) is 3.35. The van der Waals surface area contributed by atoms with E-state index in [9.17, 15) is 8.42 Å². The summed E-state index contributed by atoms with van der Waals surface area (Å²) in [5.74, 6) is -0.824. The summed E-state index contributed by atoms with van der Waals surface area (Å²) in [6.07, 6.45) is 0. The summed E-state index contributed by atoms with van der Waals surface area (Å²) in [6, 6.07) is 3.37. The normalized spacial score (nSPS) is 11.3. The highest BCUT2D eigenvalue weighted by atomic mass is 32.2. The van der Waals surface area contributed by atoms with E-state index in [0.717, 1.165) is 19.2 Å². The van der Waals surface area contributed by atoms with Gasteiger partial charge >= 0.3 is 10.3 Å². The lowest BCUT2D eigenvalue weighted by Crippen LogP contribution is -2.25. The third kappa shape index (κ3) is 2.06. The standard InChI is InChI=1S/C7H9NO5S/c1-8(14(11,12)13)5-2-3-6(9)7(10)4-5/h2-4,9-10H,1H3,(H,11,12,13). The monoisotopic (exact) mass is 219 g/mol. The van der Waals surface area contributed by atoms with E-state index in [-0.39, 0.29) is 11.4 Å². The van der Waals surface area contributed by atoms with E-state index in [1.54, 1.807) is 0 Å². The molecule has 0 bridgehead atoms. The minimum absolute atomic E-state index is 0.0443. The molecule has 0 unspecified atom stereocenters. The average molecular weight is 219 g/mol. The largest absolute Gasteiger partial charge is 0.504 e. The molecular weight excluding hydrogens is 210 g/mol. The number of phenolic OH excluding ortho intramolecular Hbond substituents is 2. The van der Waals surface area contributed by atoms with Gasteiger partial charge in [0, 0.05) is 13.1 Å². The molecule has 0 heterocycles. The molecule has 1 rings (SSSR count). The number of rotatable bonds is 2. The first-order valence-electron chi connectivity index (χ1n) is 3.55. The molecule has 0 aliphatic carbocycles. The molecule has 1 aromatic rings. The predicted molar refractivity (Wildman–Crippen MR) is 49.7 cm³/mol. The molecule has 0 aliphatic rings. The molecule has 0 radical (unpaired) electrons. The Hall–Kier alpha value is -1.47. The van der Waals surface area contributed by atoms with Crippen molar-refractivity contribution >= 4 is 16.0 Å². The van der Waals surface area contributed by atoms with Gasteiger partial charge in [-0.3, -0.25) is 8.86 Å². The van der Waals surface area contributed by atoms with E-state index >= 15 is 0 Å². The summed E-state index contributed by atoms with van der Waals surface area (Å²) < 4.78 is 30.5. The molecular formula is C7H9NO5S. The van der Waals surface area contributed by atoms with Gasteiger partial charge in [0.15, 0.2) is 11.5 Å². The zero-order chi connectivity index (χ0) is 10.9. The molecule has 0 amide bonds. The highest BCUT2D eigenvalue weighted by Crippen LogP contribution is 2.29. The van der Waals surface area contributed by atoms with Crippen LogP contribution in [0.15, 0.2) is 18.2 Å². The smallest absolute Gasteiger partial charge is 0.359 e. The van der Waals surface area contributed by atoms with Crippen LogP contribution in [0, 0.1) is 0 Å². The molecule has 78 valence electrons. The van der Waals surface area contributed by atoms with Crippen molar-refractivity contribution in [3.63, 3.8) is 0 Å². The molecule has 0 saturated heterocycles. The first-order chi connectivity index (χ1) is 6.32. The van der Waals surface area contributed by atoms with E-state index in [1.807, 2.05) is 0 Å². The molecule has 14 heavy (non-hydrogen) atoms. The van der Waals surface area contributed by atoms with Crippen molar-refractivity contribution in [1.29, 1.82) is 0 Å². The van der Waals surface area contributed by atoms with Crippen molar-refractivity contribution in [2.45, 2.75) is 0 Å². The van der Waals surface area contributed by atoms with Gasteiger partial charge in [0.1, 0.15) is 0 Å². The molecule has 1 aromatic carbocycles. The van der Waals surface area contributed by atoms with Crippen LogP contribution < -0.4 is 4.31 Å². The lowest BCUT2D eigenvalue weighted by atomic mass is 10.3. The summed E-state index contributed by atoms with van der Waals surface area (Å²) in [5.41, 5.74) is 0.0443. The summed E-state index contributed by atoms with van der Waals surface area (Å²) >= 11 is 0. The number of phenols is 2. The first kappa shape index (κ1) is 10.6. The fourth-order valence-electron chi connectivity index (χ4n) is 0.841. The van der Waals surface area contributed by atoms with Crippen molar-refractivity contribution < 1.29 is 23.2 Å². The van der Waals surface area contributed by atoms with E-state index in [1.165, 1.54) is 6.07 Å². The molecule has 0 fully saturated rings. The summed E-state index contributed by atoms with van der Waals surface area (Å²) in [6.45, 7) is 0. The summed E-state index contributed by atoms with van der Waals surface area (Å²) in [4.78, 5) is 0. The molecule has 0 spiro atoms. The second-order valence-corrected chi connectivity index (χ2v) is 4.06. The average Bonchev–Trinajstić information content (AvgIpc) is 2.07. The Balaban J connectivity index is 3.16. The maximum Gasteiger partial charge on any atom is 0.359 e. The predicted octanol–water partition coefficient (Wildman–Crippen LogP) is 0.337.